The molecule has 1 rings (SSSR count). The van der Waals surface area contributed by atoms with Crippen molar-refractivity contribution in [2.24, 2.45) is 5.92 Å². The Labute approximate surface area is 99.6 Å². The molecule has 1 aliphatic heterocycles. The van der Waals surface area contributed by atoms with Crippen LogP contribution in [0.15, 0.2) is 0 Å². The van der Waals surface area contributed by atoms with Gasteiger partial charge in [0.1, 0.15) is 0 Å². The molecule has 0 aromatic rings. The normalized spacial score (nSPS) is 22.2. The largest absolute Gasteiger partial charge is 0.341 e. The van der Waals surface area contributed by atoms with Crippen molar-refractivity contribution in [2.75, 3.05) is 19.6 Å². The van der Waals surface area contributed by atoms with Crippen LogP contribution in [0, 0.1) is 5.92 Å². The van der Waals surface area contributed by atoms with Gasteiger partial charge in [0.15, 0.2) is 0 Å². The van der Waals surface area contributed by atoms with Gasteiger partial charge in [0.2, 0.25) is 5.91 Å². The summed E-state index contributed by atoms with van der Waals surface area (Å²) in [5.74, 6) is 0.941. The van der Waals surface area contributed by atoms with Crippen LogP contribution in [0.25, 0.3) is 0 Å². The number of nitrogens with one attached hydrogen (secondary N) is 1. The first-order chi connectivity index (χ1) is 7.65. The molecule has 1 heterocycles. The van der Waals surface area contributed by atoms with Gasteiger partial charge in [0.25, 0.3) is 0 Å². The lowest BCUT2D eigenvalue weighted by Crippen LogP contribution is -2.43. The van der Waals surface area contributed by atoms with E-state index in [0.717, 1.165) is 45.3 Å². The number of amides is 1. The summed E-state index contributed by atoms with van der Waals surface area (Å²) in [6, 6.07) is 0.466. The predicted molar refractivity (Wildman–Crippen MR) is 67.4 cm³/mol. The van der Waals surface area contributed by atoms with Crippen LogP contribution in [0.2, 0.25) is 0 Å². The molecule has 1 saturated heterocycles. The molecule has 3 heteroatoms. The van der Waals surface area contributed by atoms with Gasteiger partial charge >= 0.3 is 0 Å². The standard InChI is InChI=1S/C13H26N2O/c1-4-5-7-13(16)15-9-6-8-14-12(10-15)11(2)3/h11-12,14H,4-10H2,1-3H3. The molecule has 1 fully saturated rings. The van der Waals surface area contributed by atoms with Crippen molar-refractivity contribution < 1.29 is 4.79 Å². The zero-order valence-electron chi connectivity index (χ0n) is 11.0. The topological polar surface area (TPSA) is 32.3 Å². The number of hydrogen-bond donors (Lipinski definition) is 1. The second-order valence-electron chi connectivity index (χ2n) is 5.10. The van der Waals surface area contributed by atoms with Crippen molar-refractivity contribution in [3.63, 3.8) is 0 Å². The van der Waals surface area contributed by atoms with Crippen molar-refractivity contribution in [1.82, 2.24) is 10.2 Å². The second-order valence-corrected chi connectivity index (χ2v) is 5.10. The third-order valence-electron chi connectivity index (χ3n) is 3.33. The highest BCUT2D eigenvalue weighted by atomic mass is 16.2. The Morgan fingerprint density at radius 3 is 2.88 bits per heavy atom. The molecule has 0 aromatic heterocycles. The van der Waals surface area contributed by atoms with E-state index in [9.17, 15) is 4.79 Å². The zero-order chi connectivity index (χ0) is 12.0. The first kappa shape index (κ1) is 13.5. The average Bonchev–Trinajstić information content (AvgIpc) is 2.51. The maximum atomic E-state index is 12.0. The van der Waals surface area contributed by atoms with Gasteiger partial charge in [-0.3, -0.25) is 4.79 Å². The van der Waals surface area contributed by atoms with Gasteiger partial charge in [-0.1, -0.05) is 27.2 Å². The Hall–Kier alpha value is -0.570. The van der Waals surface area contributed by atoms with Crippen LogP contribution in [0.3, 0.4) is 0 Å². The summed E-state index contributed by atoms with van der Waals surface area (Å²) in [5, 5.41) is 3.53. The van der Waals surface area contributed by atoms with Crippen LogP contribution in [-0.4, -0.2) is 36.5 Å². The van der Waals surface area contributed by atoms with E-state index >= 15 is 0 Å². The first-order valence-corrected chi connectivity index (χ1v) is 6.66. The number of nitrogens with zero attached hydrogens (tertiary/aromatic N) is 1. The SMILES string of the molecule is CCCCC(=O)N1CCCNC(C(C)C)C1. The van der Waals surface area contributed by atoms with Crippen LogP contribution >= 0.6 is 0 Å². The molecule has 1 atom stereocenters. The van der Waals surface area contributed by atoms with Crippen molar-refractivity contribution >= 4 is 5.91 Å². The molecule has 94 valence electrons. The van der Waals surface area contributed by atoms with E-state index in [1.54, 1.807) is 0 Å². The third kappa shape index (κ3) is 4.12. The highest BCUT2D eigenvalue weighted by Crippen LogP contribution is 2.10. The van der Waals surface area contributed by atoms with Gasteiger partial charge < -0.3 is 10.2 Å². The highest BCUT2D eigenvalue weighted by molar-refractivity contribution is 5.76. The van der Waals surface area contributed by atoms with E-state index in [2.05, 4.69) is 31.0 Å². The molecule has 1 N–H and O–H groups in total. The summed E-state index contributed by atoms with van der Waals surface area (Å²) in [6.45, 7) is 9.43. The number of rotatable bonds is 4. The predicted octanol–water partition coefficient (Wildman–Crippen LogP) is 2.02. The molecule has 1 amide bonds. The fraction of sp³-hybridized carbons (Fsp3) is 0.923. The maximum Gasteiger partial charge on any atom is 0.222 e. The Bertz CT molecular complexity index is 216. The average molecular weight is 226 g/mol. The molecule has 0 aromatic carbocycles. The van der Waals surface area contributed by atoms with Crippen molar-refractivity contribution in [3.05, 3.63) is 0 Å². The number of carbonyl (C=O) groups excluding carboxylic acids is 1. The molecule has 0 saturated carbocycles. The Morgan fingerprint density at radius 1 is 1.50 bits per heavy atom. The maximum absolute atomic E-state index is 12.0. The van der Waals surface area contributed by atoms with Crippen molar-refractivity contribution in [1.29, 1.82) is 0 Å². The Balaban J connectivity index is 2.47. The van der Waals surface area contributed by atoms with E-state index in [0.29, 0.717) is 17.9 Å². The molecule has 0 spiro atoms. The lowest BCUT2D eigenvalue weighted by molar-refractivity contribution is -0.131. The second kappa shape index (κ2) is 6.89. The lowest BCUT2D eigenvalue weighted by Gasteiger charge is -2.27. The van der Waals surface area contributed by atoms with Gasteiger partial charge in [0, 0.05) is 25.6 Å². The number of carbonyl (C=O) groups is 1. The van der Waals surface area contributed by atoms with Crippen LogP contribution in [-0.2, 0) is 4.79 Å². The van der Waals surface area contributed by atoms with Crippen LogP contribution in [0.4, 0.5) is 0 Å². The molecular formula is C13H26N2O. The van der Waals surface area contributed by atoms with Crippen LogP contribution in [0.5, 0.6) is 0 Å². The molecule has 0 radical (unpaired) electrons. The van der Waals surface area contributed by atoms with E-state index in [1.807, 2.05) is 0 Å². The summed E-state index contributed by atoms with van der Waals surface area (Å²) in [5.41, 5.74) is 0. The number of hydrogen-bond acceptors (Lipinski definition) is 2. The van der Waals surface area contributed by atoms with Gasteiger partial charge in [-0.05, 0) is 25.3 Å². The summed E-state index contributed by atoms with van der Waals surface area (Å²) in [6.07, 6.45) is 3.93. The van der Waals surface area contributed by atoms with E-state index in [4.69, 9.17) is 0 Å². The minimum atomic E-state index is 0.344. The van der Waals surface area contributed by atoms with Gasteiger partial charge in [0.05, 0.1) is 0 Å². The fourth-order valence-corrected chi connectivity index (χ4v) is 2.11. The monoisotopic (exact) mass is 226 g/mol. The highest BCUT2D eigenvalue weighted by Gasteiger charge is 2.22. The summed E-state index contributed by atoms with van der Waals surface area (Å²) in [7, 11) is 0. The smallest absolute Gasteiger partial charge is 0.222 e. The molecule has 16 heavy (non-hydrogen) atoms. The molecule has 3 nitrogen and oxygen atoms in total. The van der Waals surface area contributed by atoms with Crippen molar-refractivity contribution in [3.8, 4) is 0 Å². The lowest BCUT2D eigenvalue weighted by atomic mass is 10.0. The van der Waals surface area contributed by atoms with Gasteiger partial charge in [-0.2, -0.15) is 0 Å². The molecule has 1 unspecified atom stereocenters. The first-order valence-electron chi connectivity index (χ1n) is 6.66. The summed E-state index contributed by atoms with van der Waals surface area (Å²) in [4.78, 5) is 14.0. The minimum Gasteiger partial charge on any atom is -0.341 e. The molecule has 1 aliphatic rings. The van der Waals surface area contributed by atoms with Crippen LogP contribution < -0.4 is 5.32 Å². The van der Waals surface area contributed by atoms with E-state index in [-0.39, 0.29) is 0 Å². The fourth-order valence-electron chi connectivity index (χ4n) is 2.11. The molecular weight excluding hydrogens is 200 g/mol. The van der Waals surface area contributed by atoms with Gasteiger partial charge in [-0.15, -0.1) is 0 Å². The van der Waals surface area contributed by atoms with E-state index in [1.165, 1.54) is 0 Å². The summed E-state index contributed by atoms with van der Waals surface area (Å²) < 4.78 is 0. The quantitative estimate of drug-likeness (QED) is 0.795. The third-order valence-corrected chi connectivity index (χ3v) is 3.33. The molecule has 0 aliphatic carbocycles. The zero-order valence-corrected chi connectivity index (χ0v) is 11.0. The molecule has 0 bridgehead atoms. The van der Waals surface area contributed by atoms with Gasteiger partial charge in [-0.25, -0.2) is 0 Å². The Kier molecular flexibility index (Phi) is 5.81. The van der Waals surface area contributed by atoms with E-state index < -0.39 is 0 Å². The number of unbranched alkanes of at least 4 members (excludes halogenated alkanes) is 1. The summed E-state index contributed by atoms with van der Waals surface area (Å²) >= 11 is 0. The Morgan fingerprint density at radius 2 is 2.25 bits per heavy atom. The van der Waals surface area contributed by atoms with Crippen LogP contribution in [0.1, 0.15) is 46.5 Å². The van der Waals surface area contributed by atoms with Crippen molar-refractivity contribution in [2.45, 2.75) is 52.5 Å². The minimum absolute atomic E-state index is 0.344.